The maximum atomic E-state index is 13.5. The summed E-state index contributed by atoms with van der Waals surface area (Å²) in [6.07, 6.45) is 0. The second-order valence-corrected chi connectivity index (χ2v) is 10.0. The Bertz CT molecular complexity index is 1590. The molecule has 4 aromatic rings. The third-order valence-corrected chi connectivity index (χ3v) is 7.24. The molecule has 7 heteroatoms. The minimum Gasteiger partial charge on any atom is -0.507 e. The number of likely N-dealkylation sites (tertiary alicyclic amines) is 1. The molecule has 1 saturated heterocycles. The van der Waals surface area contributed by atoms with Gasteiger partial charge in [-0.05, 0) is 78.6 Å². The zero-order valence-electron chi connectivity index (χ0n) is 23.9. The van der Waals surface area contributed by atoms with E-state index in [0.29, 0.717) is 41.6 Å². The monoisotopic (exact) mass is 563 g/mol. The summed E-state index contributed by atoms with van der Waals surface area (Å²) < 4.78 is 16.8. The summed E-state index contributed by atoms with van der Waals surface area (Å²) in [6, 6.07) is 28.8. The van der Waals surface area contributed by atoms with Crippen molar-refractivity contribution in [3.8, 4) is 17.2 Å². The van der Waals surface area contributed by atoms with Crippen molar-refractivity contribution in [3.63, 3.8) is 0 Å². The molecule has 0 aliphatic carbocycles. The second kappa shape index (κ2) is 12.6. The number of Topliss-reactive ketones (excluding diaryl/α,β-unsaturated/α-hetero) is 1. The average molecular weight is 564 g/mol. The molecule has 1 atom stereocenters. The number of hydrogen-bond donors (Lipinski definition) is 1. The lowest BCUT2D eigenvalue weighted by molar-refractivity contribution is -0.140. The van der Waals surface area contributed by atoms with E-state index in [1.165, 1.54) is 4.90 Å². The van der Waals surface area contributed by atoms with Crippen LogP contribution in [0.3, 0.4) is 0 Å². The highest BCUT2D eigenvalue weighted by atomic mass is 16.5. The molecule has 4 aromatic carbocycles. The first kappa shape index (κ1) is 28.5. The van der Waals surface area contributed by atoms with Crippen molar-refractivity contribution in [2.45, 2.75) is 33.0 Å². The van der Waals surface area contributed by atoms with Crippen LogP contribution in [0.5, 0.6) is 17.2 Å². The van der Waals surface area contributed by atoms with Crippen LogP contribution < -0.4 is 14.2 Å². The lowest BCUT2D eigenvalue weighted by atomic mass is 9.94. The smallest absolute Gasteiger partial charge is 0.295 e. The van der Waals surface area contributed by atoms with E-state index >= 15 is 0 Å². The number of methoxy groups -OCH3 is 1. The van der Waals surface area contributed by atoms with Crippen LogP contribution in [-0.2, 0) is 22.7 Å². The van der Waals surface area contributed by atoms with Crippen LogP contribution in [-0.4, -0.2) is 35.4 Å². The molecule has 0 bridgehead atoms. The van der Waals surface area contributed by atoms with E-state index in [9.17, 15) is 14.7 Å². The van der Waals surface area contributed by atoms with Crippen LogP contribution in [0.2, 0.25) is 0 Å². The highest BCUT2D eigenvalue weighted by molar-refractivity contribution is 6.46. The Labute approximate surface area is 245 Å². The molecule has 1 heterocycles. The van der Waals surface area contributed by atoms with E-state index in [1.807, 2.05) is 80.6 Å². The molecule has 1 unspecified atom stereocenters. The fourth-order valence-corrected chi connectivity index (χ4v) is 5.08. The Morgan fingerprint density at radius 1 is 0.833 bits per heavy atom. The highest BCUT2D eigenvalue weighted by Crippen LogP contribution is 2.41. The molecule has 1 amide bonds. The largest absolute Gasteiger partial charge is 0.507 e. The van der Waals surface area contributed by atoms with Crippen molar-refractivity contribution in [1.29, 1.82) is 0 Å². The van der Waals surface area contributed by atoms with E-state index in [4.69, 9.17) is 14.2 Å². The molecular weight excluding hydrogens is 530 g/mol. The molecular formula is C35H33NO6. The number of hydrogen-bond acceptors (Lipinski definition) is 6. The van der Waals surface area contributed by atoms with Gasteiger partial charge in [0.05, 0.1) is 25.3 Å². The van der Waals surface area contributed by atoms with Gasteiger partial charge in [0.1, 0.15) is 29.6 Å². The molecule has 1 fully saturated rings. The number of benzene rings is 4. The molecule has 1 aliphatic rings. The molecule has 0 aromatic heterocycles. The fourth-order valence-electron chi connectivity index (χ4n) is 5.08. The Balaban J connectivity index is 1.51. The van der Waals surface area contributed by atoms with E-state index < -0.39 is 17.7 Å². The fraction of sp³-hybridized carbons (Fsp3) is 0.200. The Hall–Kier alpha value is -5.04. The van der Waals surface area contributed by atoms with Crippen molar-refractivity contribution in [2.75, 3.05) is 13.7 Å². The van der Waals surface area contributed by atoms with Gasteiger partial charge in [0.25, 0.3) is 11.7 Å². The van der Waals surface area contributed by atoms with Crippen molar-refractivity contribution in [1.82, 2.24) is 4.90 Å². The number of aliphatic hydroxyl groups is 1. The lowest BCUT2D eigenvalue weighted by Crippen LogP contribution is -2.29. The third kappa shape index (κ3) is 6.00. The molecule has 1 N–H and O–H groups in total. The molecule has 42 heavy (non-hydrogen) atoms. The van der Waals surface area contributed by atoms with Crippen molar-refractivity contribution >= 4 is 17.4 Å². The number of carbonyl (C=O) groups excluding carboxylic acids is 2. The lowest BCUT2D eigenvalue weighted by Gasteiger charge is -2.26. The Morgan fingerprint density at radius 2 is 1.52 bits per heavy atom. The molecule has 0 saturated carbocycles. The maximum Gasteiger partial charge on any atom is 0.295 e. The first-order chi connectivity index (χ1) is 20.4. The van der Waals surface area contributed by atoms with Gasteiger partial charge in [-0.25, -0.2) is 0 Å². The summed E-state index contributed by atoms with van der Waals surface area (Å²) >= 11 is 0. The van der Waals surface area contributed by atoms with Gasteiger partial charge in [0.15, 0.2) is 0 Å². The number of ketones is 1. The minimum atomic E-state index is -0.794. The van der Waals surface area contributed by atoms with Gasteiger partial charge in [-0.3, -0.25) is 9.59 Å². The van der Waals surface area contributed by atoms with Crippen LogP contribution in [0, 0.1) is 6.92 Å². The molecule has 7 nitrogen and oxygen atoms in total. The number of ether oxygens (including phenoxy) is 3. The third-order valence-electron chi connectivity index (χ3n) is 7.24. The number of rotatable bonds is 10. The summed E-state index contributed by atoms with van der Waals surface area (Å²) in [6.45, 7) is 4.87. The van der Waals surface area contributed by atoms with Crippen molar-refractivity contribution in [2.24, 2.45) is 0 Å². The van der Waals surface area contributed by atoms with Gasteiger partial charge in [-0.15, -0.1) is 0 Å². The summed E-state index contributed by atoms with van der Waals surface area (Å²) in [5.41, 5.74) is 3.81. The zero-order valence-corrected chi connectivity index (χ0v) is 23.9. The van der Waals surface area contributed by atoms with Crippen molar-refractivity contribution < 1.29 is 28.9 Å². The summed E-state index contributed by atoms with van der Waals surface area (Å²) in [4.78, 5) is 28.4. The number of amides is 1. The van der Waals surface area contributed by atoms with Crippen LogP contribution in [0.15, 0.2) is 103 Å². The Kier molecular flexibility index (Phi) is 8.58. The van der Waals surface area contributed by atoms with Gasteiger partial charge in [0, 0.05) is 12.1 Å². The highest BCUT2D eigenvalue weighted by Gasteiger charge is 2.46. The summed E-state index contributed by atoms with van der Waals surface area (Å²) in [5, 5.41) is 11.6. The van der Waals surface area contributed by atoms with E-state index in [2.05, 4.69) is 0 Å². The van der Waals surface area contributed by atoms with Gasteiger partial charge < -0.3 is 24.2 Å². The number of aliphatic hydroxyl groups excluding tert-OH is 1. The second-order valence-electron chi connectivity index (χ2n) is 10.0. The van der Waals surface area contributed by atoms with Gasteiger partial charge in [0.2, 0.25) is 0 Å². The SMILES string of the molecule is CCOc1ccc(C2/C(=C(/O)c3ccc(OCc4ccccc4)c(C)c3)C(=O)C(=O)N2Cc2ccc(OC)cc2)cc1. The first-order valence-corrected chi connectivity index (χ1v) is 13.8. The van der Waals surface area contributed by atoms with Gasteiger partial charge >= 0.3 is 0 Å². The molecule has 0 spiro atoms. The van der Waals surface area contributed by atoms with Crippen molar-refractivity contribution in [3.05, 3.63) is 130 Å². The van der Waals surface area contributed by atoms with E-state index in [-0.39, 0.29) is 17.9 Å². The molecule has 0 radical (unpaired) electrons. The molecule has 5 rings (SSSR count). The minimum absolute atomic E-state index is 0.0371. The maximum absolute atomic E-state index is 13.5. The predicted octanol–water partition coefficient (Wildman–Crippen LogP) is 6.60. The van der Waals surface area contributed by atoms with Crippen LogP contribution in [0.4, 0.5) is 0 Å². The van der Waals surface area contributed by atoms with E-state index in [1.54, 1.807) is 37.4 Å². The summed E-state index contributed by atoms with van der Waals surface area (Å²) in [5.74, 6) is 0.388. The van der Waals surface area contributed by atoms with Crippen LogP contribution in [0.25, 0.3) is 5.76 Å². The van der Waals surface area contributed by atoms with Crippen LogP contribution >= 0.6 is 0 Å². The standard InChI is InChI=1S/C35H33NO6/c1-4-41-29-17-12-26(13-18-29)32-31(34(38)35(39)36(32)21-24-10-15-28(40-3)16-11-24)33(37)27-14-19-30(23(2)20-27)42-22-25-8-6-5-7-9-25/h5-20,32,37H,4,21-22H2,1-3H3/b33-31-. The first-order valence-electron chi connectivity index (χ1n) is 13.8. The van der Waals surface area contributed by atoms with Crippen LogP contribution in [0.1, 0.15) is 40.8 Å². The molecule has 214 valence electrons. The quantitative estimate of drug-likeness (QED) is 0.133. The topological polar surface area (TPSA) is 85.3 Å². The predicted molar refractivity (Wildman–Crippen MR) is 160 cm³/mol. The van der Waals surface area contributed by atoms with Gasteiger partial charge in [-0.2, -0.15) is 0 Å². The van der Waals surface area contributed by atoms with E-state index in [0.717, 1.165) is 16.7 Å². The average Bonchev–Trinajstić information content (AvgIpc) is 3.26. The summed E-state index contributed by atoms with van der Waals surface area (Å²) in [7, 11) is 1.59. The normalized spacial score (nSPS) is 16.0. The molecule has 1 aliphatic heterocycles. The number of carbonyl (C=O) groups is 2. The number of nitrogens with zero attached hydrogens (tertiary/aromatic N) is 1. The zero-order chi connectivity index (χ0) is 29.6. The Morgan fingerprint density at radius 3 is 2.17 bits per heavy atom. The number of aryl methyl sites for hydroxylation is 1. The van der Waals surface area contributed by atoms with Gasteiger partial charge in [-0.1, -0.05) is 54.6 Å².